The molecule has 1 unspecified atom stereocenters. The van der Waals surface area contributed by atoms with Crippen LogP contribution in [0.5, 0.6) is 0 Å². The van der Waals surface area contributed by atoms with Crippen LogP contribution >= 0.6 is 11.6 Å². The normalized spacial score (nSPS) is 17.7. The molecule has 1 amide bonds. The van der Waals surface area contributed by atoms with Crippen LogP contribution in [0.2, 0.25) is 5.02 Å². The highest BCUT2D eigenvalue weighted by Crippen LogP contribution is 2.32. The molecule has 4 nitrogen and oxygen atoms in total. The maximum Gasteiger partial charge on any atom is 0.222 e. The Morgan fingerprint density at radius 1 is 1.32 bits per heavy atom. The van der Waals surface area contributed by atoms with Crippen LogP contribution in [0.25, 0.3) is 0 Å². The number of aromatic nitrogens is 2. The van der Waals surface area contributed by atoms with Crippen molar-refractivity contribution in [2.24, 2.45) is 0 Å². The van der Waals surface area contributed by atoms with Crippen molar-refractivity contribution in [1.82, 2.24) is 14.9 Å². The molecule has 3 rings (SSSR count). The maximum absolute atomic E-state index is 12.3. The molecule has 0 radical (unpaired) electrons. The van der Waals surface area contributed by atoms with Gasteiger partial charge in [-0.15, -0.1) is 0 Å². The van der Waals surface area contributed by atoms with E-state index in [9.17, 15) is 4.79 Å². The van der Waals surface area contributed by atoms with Gasteiger partial charge < -0.3 is 4.90 Å². The minimum atomic E-state index is 0.181. The summed E-state index contributed by atoms with van der Waals surface area (Å²) in [5.41, 5.74) is 2.01. The number of benzene rings is 1. The fourth-order valence-corrected chi connectivity index (χ4v) is 3.19. The monoisotopic (exact) mass is 315 g/mol. The summed E-state index contributed by atoms with van der Waals surface area (Å²) in [6.45, 7) is 1.55. The van der Waals surface area contributed by atoms with Gasteiger partial charge in [0.1, 0.15) is 0 Å². The summed E-state index contributed by atoms with van der Waals surface area (Å²) in [4.78, 5) is 22.5. The molecule has 2 heterocycles. The average Bonchev–Trinajstić information content (AvgIpc) is 3.04. The number of likely N-dealkylation sites (tertiary alicyclic amines) is 1. The van der Waals surface area contributed by atoms with Crippen molar-refractivity contribution in [3.63, 3.8) is 0 Å². The Bertz CT molecular complexity index is 647. The first-order valence-corrected chi connectivity index (χ1v) is 7.89. The highest BCUT2D eigenvalue weighted by atomic mass is 35.5. The summed E-state index contributed by atoms with van der Waals surface area (Å²) in [6, 6.07) is 7.90. The van der Waals surface area contributed by atoms with Crippen LogP contribution in [0.3, 0.4) is 0 Å². The number of rotatable bonds is 4. The number of aryl methyl sites for hydroxylation is 1. The van der Waals surface area contributed by atoms with Gasteiger partial charge in [0.05, 0.1) is 5.69 Å². The lowest BCUT2D eigenvalue weighted by atomic mass is 9.98. The SMILES string of the molecule is O=C(CCc1cnccn1)N1CCC(c2ccccc2Cl)C1. The zero-order valence-electron chi connectivity index (χ0n) is 12.3. The van der Waals surface area contributed by atoms with Gasteiger partial charge in [0.2, 0.25) is 5.91 Å². The number of hydrogen-bond donors (Lipinski definition) is 0. The molecule has 1 aliphatic heterocycles. The molecule has 22 heavy (non-hydrogen) atoms. The number of hydrogen-bond acceptors (Lipinski definition) is 3. The van der Waals surface area contributed by atoms with Gasteiger partial charge in [0, 0.05) is 49.0 Å². The third-order valence-corrected chi connectivity index (χ3v) is 4.44. The summed E-state index contributed by atoms with van der Waals surface area (Å²) in [6.07, 6.45) is 7.10. The van der Waals surface area contributed by atoms with Crippen LogP contribution in [0.1, 0.15) is 30.0 Å². The van der Waals surface area contributed by atoms with Gasteiger partial charge in [0.15, 0.2) is 0 Å². The van der Waals surface area contributed by atoms with E-state index in [0.29, 0.717) is 18.8 Å². The summed E-state index contributed by atoms with van der Waals surface area (Å²) >= 11 is 6.25. The van der Waals surface area contributed by atoms with E-state index in [1.165, 1.54) is 0 Å². The van der Waals surface area contributed by atoms with Gasteiger partial charge in [-0.05, 0) is 24.5 Å². The molecule has 114 valence electrons. The highest BCUT2D eigenvalue weighted by Gasteiger charge is 2.28. The zero-order valence-corrected chi connectivity index (χ0v) is 13.0. The summed E-state index contributed by atoms with van der Waals surface area (Å²) in [5, 5.41) is 0.793. The van der Waals surface area contributed by atoms with Crippen LogP contribution in [0, 0.1) is 0 Å². The smallest absolute Gasteiger partial charge is 0.222 e. The quantitative estimate of drug-likeness (QED) is 0.871. The summed E-state index contributed by atoms with van der Waals surface area (Å²) in [5.74, 6) is 0.523. The molecule has 0 aliphatic carbocycles. The minimum Gasteiger partial charge on any atom is -0.342 e. The van der Waals surface area contributed by atoms with Crippen LogP contribution < -0.4 is 0 Å². The van der Waals surface area contributed by atoms with E-state index in [1.807, 2.05) is 23.1 Å². The molecule has 1 fully saturated rings. The molecule has 0 spiro atoms. The average molecular weight is 316 g/mol. The summed E-state index contributed by atoms with van der Waals surface area (Å²) < 4.78 is 0. The molecule has 1 aromatic carbocycles. The van der Waals surface area contributed by atoms with Gasteiger partial charge in [0.25, 0.3) is 0 Å². The van der Waals surface area contributed by atoms with Gasteiger partial charge in [-0.2, -0.15) is 0 Å². The van der Waals surface area contributed by atoms with E-state index in [2.05, 4.69) is 16.0 Å². The highest BCUT2D eigenvalue weighted by molar-refractivity contribution is 6.31. The molecule has 1 atom stereocenters. The lowest BCUT2D eigenvalue weighted by Crippen LogP contribution is -2.28. The van der Waals surface area contributed by atoms with Crippen molar-refractivity contribution in [3.8, 4) is 0 Å². The third-order valence-electron chi connectivity index (χ3n) is 4.10. The second-order valence-electron chi connectivity index (χ2n) is 5.54. The number of carbonyl (C=O) groups excluding carboxylic acids is 1. The predicted octanol–water partition coefficient (Wildman–Crippen LogP) is 3.08. The van der Waals surface area contributed by atoms with Gasteiger partial charge in [-0.3, -0.25) is 14.8 Å². The Labute approximate surface area is 135 Å². The zero-order chi connectivity index (χ0) is 15.4. The Morgan fingerprint density at radius 3 is 2.95 bits per heavy atom. The van der Waals surface area contributed by atoms with Gasteiger partial charge in [-0.25, -0.2) is 0 Å². The molecule has 0 bridgehead atoms. The third kappa shape index (κ3) is 3.45. The van der Waals surface area contributed by atoms with E-state index < -0.39 is 0 Å². The standard InChI is InChI=1S/C17H18ClN3O/c18-16-4-2-1-3-15(16)13-7-10-21(12-13)17(22)6-5-14-11-19-8-9-20-14/h1-4,8-9,11,13H,5-7,10,12H2. The van der Waals surface area contributed by atoms with E-state index in [4.69, 9.17) is 11.6 Å². The molecule has 5 heteroatoms. The fourth-order valence-electron chi connectivity index (χ4n) is 2.90. The van der Waals surface area contributed by atoms with E-state index >= 15 is 0 Å². The molecule has 0 N–H and O–H groups in total. The second kappa shape index (κ2) is 6.88. The number of nitrogens with zero attached hydrogens (tertiary/aromatic N) is 3. The van der Waals surface area contributed by atoms with Crippen molar-refractivity contribution < 1.29 is 4.79 Å². The topological polar surface area (TPSA) is 46.1 Å². The second-order valence-corrected chi connectivity index (χ2v) is 5.95. The van der Waals surface area contributed by atoms with Crippen LogP contribution in [-0.4, -0.2) is 33.9 Å². The van der Waals surface area contributed by atoms with Crippen molar-refractivity contribution >= 4 is 17.5 Å². The molecule has 0 saturated carbocycles. The van der Waals surface area contributed by atoms with Crippen LogP contribution in [-0.2, 0) is 11.2 Å². The first kappa shape index (κ1) is 15.0. The molecule has 1 aromatic heterocycles. The van der Waals surface area contributed by atoms with Gasteiger partial charge >= 0.3 is 0 Å². The number of amides is 1. The lowest BCUT2D eigenvalue weighted by molar-refractivity contribution is -0.130. The summed E-state index contributed by atoms with van der Waals surface area (Å²) in [7, 11) is 0. The Morgan fingerprint density at radius 2 is 2.18 bits per heavy atom. The van der Waals surface area contributed by atoms with Crippen LogP contribution in [0.15, 0.2) is 42.9 Å². The molecule has 1 saturated heterocycles. The molecule has 1 aliphatic rings. The van der Waals surface area contributed by atoms with E-state index in [0.717, 1.165) is 35.8 Å². The van der Waals surface area contributed by atoms with Crippen molar-refractivity contribution in [2.75, 3.05) is 13.1 Å². The van der Waals surface area contributed by atoms with Crippen molar-refractivity contribution in [1.29, 1.82) is 0 Å². The first-order chi connectivity index (χ1) is 10.7. The van der Waals surface area contributed by atoms with Crippen LogP contribution in [0.4, 0.5) is 0 Å². The molecular weight excluding hydrogens is 298 g/mol. The predicted molar refractivity (Wildman–Crippen MR) is 85.7 cm³/mol. The lowest BCUT2D eigenvalue weighted by Gasteiger charge is -2.17. The van der Waals surface area contributed by atoms with E-state index in [1.54, 1.807) is 18.6 Å². The first-order valence-electron chi connectivity index (χ1n) is 7.51. The molecular formula is C17H18ClN3O. The Kier molecular flexibility index (Phi) is 4.68. The van der Waals surface area contributed by atoms with Crippen molar-refractivity contribution in [3.05, 3.63) is 59.1 Å². The fraction of sp³-hybridized carbons (Fsp3) is 0.353. The molecule has 2 aromatic rings. The Balaban J connectivity index is 1.56. The minimum absolute atomic E-state index is 0.181. The maximum atomic E-state index is 12.3. The number of halogens is 1. The van der Waals surface area contributed by atoms with E-state index in [-0.39, 0.29) is 5.91 Å². The number of carbonyl (C=O) groups is 1. The largest absolute Gasteiger partial charge is 0.342 e. The van der Waals surface area contributed by atoms with Gasteiger partial charge in [-0.1, -0.05) is 29.8 Å². The van der Waals surface area contributed by atoms with Crippen molar-refractivity contribution in [2.45, 2.75) is 25.2 Å². The Hall–Kier alpha value is -1.94.